The molecule has 186 valence electrons. The van der Waals surface area contributed by atoms with E-state index in [4.69, 9.17) is 0 Å². The first-order valence-electron chi connectivity index (χ1n) is 12.1. The van der Waals surface area contributed by atoms with Gasteiger partial charge in [-0.15, -0.1) is 11.3 Å². The van der Waals surface area contributed by atoms with Gasteiger partial charge >= 0.3 is 0 Å². The van der Waals surface area contributed by atoms with Gasteiger partial charge in [-0.25, -0.2) is 13.8 Å². The number of ketones is 2. The van der Waals surface area contributed by atoms with Gasteiger partial charge < -0.3 is 4.57 Å². The van der Waals surface area contributed by atoms with Gasteiger partial charge in [0.25, 0.3) is 0 Å². The first-order chi connectivity index (χ1) is 17.4. The van der Waals surface area contributed by atoms with Crippen LogP contribution in [-0.4, -0.2) is 21.1 Å². The Hall–Kier alpha value is -3.26. The van der Waals surface area contributed by atoms with E-state index >= 15 is 4.39 Å². The molecule has 0 saturated heterocycles. The molecule has 1 saturated carbocycles. The van der Waals surface area contributed by atoms with Crippen LogP contribution in [0.3, 0.4) is 0 Å². The van der Waals surface area contributed by atoms with E-state index in [0.29, 0.717) is 40.1 Å². The highest BCUT2D eigenvalue weighted by Crippen LogP contribution is 2.40. The van der Waals surface area contributed by atoms with Crippen molar-refractivity contribution < 1.29 is 22.8 Å². The molecule has 4 nitrogen and oxygen atoms in total. The van der Waals surface area contributed by atoms with Gasteiger partial charge in [0.15, 0.2) is 16.7 Å². The fourth-order valence-electron chi connectivity index (χ4n) is 5.23. The van der Waals surface area contributed by atoms with Gasteiger partial charge in [0.2, 0.25) is 0 Å². The number of rotatable bonds is 7. The van der Waals surface area contributed by atoms with Crippen molar-refractivity contribution in [1.82, 2.24) is 9.55 Å². The number of hydrogen-bond acceptors (Lipinski definition) is 4. The SMILES string of the molecule is CCC(=O)c1cc2nc(-c3ccccc3F)n([C@H]3CCC[C@@H](CC(=O)c4ccc(F)s4)C3)c2cc1F. The molecule has 0 spiro atoms. The van der Waals surface area contributed by atoms with E-state index in [-0.39, 0.29) is 40.6 Å². The lowest BCUT2D eigenvalue weighted by molar-refractivity contribution is 0.0944. The lowest BCUT2D eigenvalue weighted by Gasteiger charge is -2.31. The van der Waals surface area contributed by atoms with Crippen molar-refractivity contribution in [2.75, 3.05) is 0 Å². The lowest BCUT2D eigenvalue weighted by Crippen LogP contribution is -2.22. The molecule has 0 unspecified atom stereocenters. The van der Waals surface area contributed by atoms with E-state index in [1.165, 1.54) is 30.3 Å². The third kappa shape index (κ3) is 4.62. The zero-order valence-corrected chi connectivity index (χ0v) is 20.6. The van der Waals surface area contributed by atoms with Crippen molar-refractivity contribution in [3.8, 4) is 11.4 Å². The summed E-state index contributed by atoms with van der Waals surface area (Å²) in [6, 6.07) is 11.8. The molecule has 1 aliphatic rings. The first-order valence-corrected chi connectivity index (χ1v) is 13.0. The largest absolute Gasteiger partial charge is 0.321 e. The minimum atomic E-state index is -0.627. The first kappa shape index (κ1) is 24.4. The standard InChI is InChI=1S/C28H25F3N2O2S/c1-2-24(34)19-14-22-23(15-21(19)30)33(28(32-22)18-8-3-4-9-20(18)29)17-7-5-6-16(12-17)13-25(35)26-10-11-27(31)36-26/h3-4,8-11,14-17H,2,5-7,12-13H2,1H3/t16-,17+/m1/s1. The number of carbonyl (C=O) groups excluding carboxylic acids is 2. The lowest BCUT2D eigenvalue weighted by atomic mass is 9.82. The molecule has 0 amide bonds. The number of benzene rings is 2. The molecule has 2 atom stereocenters. The van der Waals surface area contributed by atoms with E-state index in [0.717, 1.165) is 30.6 Å². The minimum absolute atomic E-state index is 0.0231. The van der Waals surface area contributed by atoms with Gasteiger partial charge in [0, 0.05) is 24.9 Å². The molecule has 4 aromatic rings. The molecule has 0 bridgehead atoms. The van der Waals surface area contributed by atoms with Gasteiger partial charge in [-0.3, -0.25) is 9.59 Å². The van der Waals surface area contributed by atoms with Gasteiger partial charge in [-0.05, 0) is 55.5 Å². The Balaban J connectivity index is 1.55. The predicted octanol–water partition coefficient (Wildman–Crippen LogP) is 7.78. The average molecular weight is 511 g/mol. The Bertz CT molecular complexity index is 1460. The Morgan fingerprint density at radius 2 is 1.83 bits per heavy atom. The maximum atomic E-state index is 15.0. The van der Waals surface area contributed by atoms with Crippen molar-refractivity contribution in [1.29, 1.82) is 0 Å². The van der Waals surface area contributed by atoms with Crippen molar-refractivity contribution >= 4 is 33.9 Å². The molecule has 2 aromatic heterocycles. The predicted molar refractivity (Wildman–Crippen MR) is 134 cm³/mol. The molecule has 8 heteroatoms. The quantitative estimate of drug-likeness (QED) is 0.239. The second-order valence-electron chi connectivity index (χ2n) is 9.30. The topological polar surface area (TPSA) is 52.0 Å². The zero-order chi connectivity index (χ0) is 25.4. The molecule has 0 radical (unpaired) electrons. The zero-order valence-electron chi connectivity index (χ0n) is 19.8. The highest BCUT2D eigenvalue weighted by molar-refractivity contribution is 7.12. The van der Waals surface area contributed by atoms with E-state index in [2.05, 4.69) is 4.98 Å². The molecule has 2 heterocycles. The molecule has 5 rings (SSSR count). The molecule has 36 heavy (non-hydrogen) atoms. The third-order valence-corrected chi connectivity index (χ3v) is 7.87. The number of fused-ring (bicyclic) bond motifs is 1. The number of hydrogen-bond donors (Lipinski definition) is 0. The van der Waals surface area contributed by atoms with Crippen molar-refractivity contribution in [2.24, 2.45) is 5.92 Å². The maximum Gasteiger partial charge on any atom is 0.177 e. The summed E-state index contributed by atoms with van der Waals surface area (Å²) in [7, 11) is 0. The molecular formula is C28H25F3N2O2S. The number of nitrogens with zero attached hydrogens (tertiary/aromatic N) is 2. The van der Waals surface area contributed by atoms with Gasteiger partial charge in [-0.2, -0.15) is 4.39 Å². The Morgan fingerprint density at radius 3 is 2.56 bits per heavy atom. The number of Topliss-reactive ketones (excluding diaryl/α,β-unsaturated/α-hetero) is 2. The number of halogens is 3. The summed E-state index contributed by atoms with van der Waals surface area (Å²) >= 11 is 0.851. The number of aromatic nitrogens is 2. The summed E-state index contributed by atoms with van der Waals surface area (Å²) in [5.41, 5.74) is 1.20. The monoisotopic (exact) mass is 510 g/mol. The Labute approximate surface area is 210 Å². The minimum Gasteiger partial charge on any atom is -0.321 e. The van der Waals surface area contributed by atoms with Gasteiger partial charge in [-0.1, -0.05) is 25.5 Å². The maximum absolute atomic E-state index is 15.0. The van der Waals surface area contributed by atoms with Crippen LogP contribution in [0.5, 0.6) is 0 Å². The van der Waals surface area contributed by atoms with E-state index in [1.807, 2.05) is 4.57 Å². The van der Waals surface area contributed by atoms with Gasteiger partial charge in [0.05, 0.1) is 27.0 Å². The van der Waals surface area contributed by atoms with Crippen LogP contribution in [0, 0.1) is 22.7 Å². The van der Waals surface area contributed by atoms with Crippen LogP contribution in [-0.2, 0) is 0 Å². The smallest absolute Gasteiger partial charge is 0.177 e. The summed E-state index contributed by atoms with van der Waals surface area (Å²) in [5.74, 6) is -1.05. The van der Waals surface area contributed by atoms with Crippen LogP contribution in [0.1, 0.15) is 71.5 Å². The number of thiophene rings is 1. The third-order valence-electron chi connectivity index (χ3n) is 6.96. The van der Waals surface area contributed by atoms with Crippen molar-refractivity contribution in [3.05, 3.63) is 75.7 Å². The summed E-state index contributed by atoms with van der Waals surface area (Å²) in [4.78, 5) is 30.1. The van der Waals surface area contributed by atoms with E-state index in [1.54, 1.807) is 25.1 Å². The van der Waals surface area contributed by atoms with Crippen molar-refractivity contribution in [2.45, 2.75) is 51.5 Å². The van der Waals surface area contributed by atoms with Crippen LogP contribution in [0.25, 0.3) is 22.4 Å². The van der Waals surface area contributed by atoms with Gasteiger partial charge in [0.1, 0.15) is 17.5 Å². The van der Waals surface area contributed by atoms with Crippen LogP contribution in [0.2, 0.25) is 0 Å². The Kier molecular flexibility index (Phi) is 6.79. The molecule has 2 aromatic carbocycles. The van der Waals surface area contributed by atoms with Crippen LogP contribution < -0.4 is 0 Å². The summed E-state index contributed by atoms with van der Waals surface area (Å²) in [5, 5.41) is -0.387. The molecule has 0 aliphatic heterocycles. The second kappa shape index (κ2) is 10.0. The average Bonchev–Trinajstić information content (AvgIpc) is 3.47. The van der Waals surface area contributed by atoms with Crippen molar-refractivity contribution in [3.63, 3.8) is 0 Å². The van der Waals surface area contributed by atoms with Crippen LogP contribution >= 0.6 is 11.3 Å². The number of imidazole rings is 1. The number of carbonyl (C=O) groups is 2. The molecule has 1 fully saturated rings. The second-order valence-corrected chi connectivity index (χ2v) is 10.3. The van der Waals surface area contributed by atoms with Crippen LogP contribution in [0.15, 0.2) is 48.5 Å². The summed E-state index contributed by atoms with van der Waals surface area (Å²) in [6.07, 6.45) is 3.54. The fraction of sp³-hybridized carbons (Fsp3) is 0.321. The molecular weight excluding hydrogens is 485 g/mol. The van der Waals surface area contributed by atoms with E-state index in [9.17, 15) is 18.4 Å². The highest BCUT2D eigenvalue weighted by atomic mass is 32.1. The highest BCUT2D eigenvalue weighted by Gasteiger charge is 2.30. The fourth-order valence-corrected chi connectivity index (χ4v) is 5.91. The molecule has 0 N–H and O–H groups in total. The van der Waals surface area contributed by atoms with E-state index < -0.39 is 11.6 Å². The Morgan fingerprint density at radius 1 is 1.03 bits per heavy atom. The summed E-state index contributed by atoms with van der Waals surface area (Å²) in [6.45, 7) is 1.67. The van der Waals surface area contributed by atoms with Crippen LogP contribution in [0.4, 0.5) is 13.2 Å². The normalized spacial score (nSPS) is 18.0. The molecule has 1 aliphatic carbocycles. The summed E-state index contributed by atoms with van der Waals surface area (Å²) < 4.78 is 45.2.